The highest BCUT2D eigenvalue weighted by molar-refractivity contribution is 6.28. The number of rotatable bonds is 4. The van der Waals surface area contributed by atoms with Crippen molar-refractivity contribution < 1.29 is 10.2 Å². The summed E-state index contributed by atoms with van der Waals surface area (Å²) in [6.07, 6.45) is 0. The Morgan fingerprint density at radius 2 is 0.769 bits per heavy atom. The van der Waals surface area contributed by atoms with Gasteiger partial charge in [0.25, 0.3) is 0 Å². The van der Waals surface area contributed by atoms with Gasteiger partial charge in [-0.05, 0) is 174 Å². The Morgan fingerprint density at radius 3 is 1.19 bits per heavy atom. The van der Waals surface area contributed by atoms with Gasteiger partial charge in [0.15, 0.2) is 0 Å². The summed E-state index contributed by atoms with van der Waals surface area (Å²) in [5.41, 5.74) is 8.09. The Kier molecular flexibility index (Phi) is 6.76. The highest BCUT2D eigenvalue weighted by Gasteiger charge is 2.20. The second kappa shape index (κ2) is 11.4. The van der Waals surface area contributed by atoms with Gasteiger partial charge in [-0.1, -0.05) is 106 Å². The van der Waals surface area contributed by atoms with Crippen LogP contribution in [0.5, 0.6) is 0 Å². The average molecular weight is 671 g/mol. The van der Waals surface area contributed by atoms with Crippen LogP contribution in [0.3, 0.4) is 0 Å². The third kappa shape index (κ3) is 4.87. The Morgan fingerprint density at radius 1 is 0.365 bits per heavy atom. The monoisotopic (exact) mass is 670 g/mol. The van der Waals surface area contributed by atoms with Gasteiger partial charge in [-0.25, -0.2) is 0 Å². The van der Waals surface area contributed by atoms with Crippen molar-refractivity contribution in [1.29, 1.82) is 0 Å². The summed E-state index contributed by atoms with van der Waals surface area (Å²) in [6.45, 7) is 6.96. The second-order valence-corrected chi connectivity index (χ2v) is 15.6. The van der Waals surface area contributed by atoms with Crippen molar-refractivity contribution in [2.24, 2.45) is 0 Å². The zero-order chi connectivity index (χ0) is 35.3. The van der Waals surface area contributed by atoms with E-state index in [4.69, 9.17) is 0 Å². The van der Waals surface area contributed by atoms with Crippen molar-refractivity contribution >= 4 is 75.4 Å². The van der Waals surface area contributed by atoms with E-state index in [-0.39, 0.29) is 18.6 Å². The lowest BCUT2D eigenvalue weighted by Gasteiger charge is -2.23. The summed E-state index contributed by atoms with van der Waals surface area (Å²) in [5, 5.41) is 36.6. The lowest BCUT2D eigenvalue weighted by atomic mass is 9.81. The maximum atomic E-state index is 9.72. The number of benzene rings is 10. The molecule has 0 aromatic heterocycles. The molecule has 10 aromatic carbocycles. The maximum Gasteiger partial charge on any atom is 0.0682 e. The van der Waals surface area contributed by atoms with Crippen molar-refractivity contribution in [3.63, 3.8) is 0 Å². The van der Waals surface area contributed by atoms with Crippen LogP contribution in [-0.4, -0.2) is 10.2 Å². The van der Waals surface area contributed by atoms with Crippen molar-refractivity contribution in [2.75, 3.05) is 0 Å². The standard InChI is InChI=1S/C50H38O2/c1-50(2,3)43-24-37-12-14-44-46(35-10-8-33-18-39-16-29(27-51)4-6-31(39)20-41(33)22-35)26-47(45-15-13-38(25-43)48(37)49(44)45)36-11-9-34-19-40-17-30(28-52)5-7-32(40)21-42(34)23-36/h4-26,51-52H,27-28H2,1-3H3. The normalized spacial score (nSPS) is 12.5. The number of aliphatic hydroxyl groups is 2. The van der Waals surface area contributed by atoms with Crippen LogP contribution in [0, 0.1) is 0 Å². The largest absolute Gasteiger partial charge is 0.392 e. The molecule has 0 aliphatic heterocycles. The first-order valence-electron chi connectivity index (χ1n) is 18.2. The first-order valence-corrected chi connectivity index (χ1v) is 18.2. The van der Waals surface area contributed by atoms with E-state index < -0.39 is 0 Å². The minimum atomic E-state index is 0.0423. The Bertz CT molecular complexity index is 2880. The predicted octanol–water partition coefficient (Wildman–Crippen LogP) is 12.8. The van der Waals surface area contributed by atoms with E-state index in [9.17, 15) is 10.2 Å². The van der Waals surface area contributed by atoms with Gasteiger partial charge in [-0.15, -0.1) is 0 Å². The fourth-order valence-electron chi connectivity index (χ4n) is 8.45. The molecule has 0 heterocycles. The predicted molar refractivity (Wildman–Crippen MR) is 222 cm³/mol. The van der Waals surface area contributed by atoms with E-state index in [1.165, 1.54) is 92.5 Å². The maximum absolute atomic E-state index is 9.72. The molecule has 0 spiro atoms. The zero-order valence-electron chi connectivity index (χ0n) is 29.6. The van der Waals surface area contributed by atoms with Crippen LogP contribution in [0.4, 0.5) is 0 Å². The molecule has 2 N–H and O–H groups in total. The smallest absolute Gasteiger partial charge is 0.0682 e. The molecule has 10 rings (SSSR count). The van der Waals surface area contributed by atoms with Crippen molar-refractivity contribution in [3.8, 4) is 22.3 Å². The highest BCUT2D eigenvalue weighted by Crippen LogP contribution is 2.46. The zero-order valence-corrected chi connectivity index (χ0v) is 29.6. The minimum absolute atomic E-state index is 0.0423. The van der Waals surface area contributed by atoms with E-state index >= 15 is 0 Å². The fourth-order valence-corrected chi connectivity index (χ4v) is 8.45. The minimum Gasteiger partial charge on any atom is -0.392 e. The Hall–Kier alpha value is -5.80. The van der Waals surface area contributed by atoms with Crippen molar-refractivity contribution in [1.82, 2.24) is 0 Å². The first-order chi connectivity index (χ1) is 25.2. The topological polar surface area (TPSA) is 40.5 Å². The van der Waals surface area contributed by atoms with E-state index in [0.29, 0.717) is 0 Å². The van der Waals surface area contributed by atoms with Gasteiger partial charge in [0.2, 0.25) is 0 Å². The molecule has 52 heavy (non-hydrogen) atoms. The molecule has 0 fully saturated rings. The van der Waals surface area contributed by atoms with Gasteiger partial charge < -0.3 is 10.2 Å². The Labute approximate surface area is 302 Å². The van der Waals surface area contributed by atoms with Crippen LogP contribution < -0.4 is 0 Å². The lowest BCUT2D eigenvalue weighted by Crippen LogP contribution is -2.10. The first kappa shape index (κ1) is 31.0. The van der Waals surface area contributed by atoms with Crippen LogP contribution >= 0.6 is 0 Å². The van der Waals surface area contributed by atoms with Crippen LogP contribution in [0.25, 0.3) is 97.7 Å². The summed E-state index contributed by atoms with van der Waals surface area (Å²) < 4.78 is 0. The SMILES string of the molecule is CC(C)(C)c1cc2ccc3c(-c4ccc5cc6cc(CO)ccc6cc5c4)cc(-c4ccc5cc6cc(CO)ccc6cc5c4)c4ccc(c1)c2c34. The molecule has 2 nitrogen and oxygen atoms in total. The van der Waals surface area contributed by atoms with Gasteiger partial charge in [-0.3, -0.25) is 0 Å². The van der Waals surface area contributed by atoms with E-state index in [0.717, 1.165) is 21.9 Å². The third-order valence-corrected chi connectivity index (χ3v) is 11.3. The molecule has 0 saturated heterocycles. The van der Waals surface area contributed by atoms with Crippen LogP contribution in [0.1, 0.15) is 37.5 Å². The number of fused-ring (bicyclic) bond motifs is 4. The highest BCUT2D eigenvalue weighted by atomic mass is 16.3. The summed E-state index contributed by atoms with van der Waals surface area (Å²) in [6, 6.07) is 51.6. The molecule has 0 amide bonds. The van der Waals surface area contributed by atoms with Crippen LogP contribution in [0.2, 0.25) is 0 Å². The van der Waals surface area contributed by atoms with Gasteiger partial charge in [-0.2, -0.15) is 0 Å². The quantitative estimate of drug-likeness (QED) is 0.144. The molecule has 0 atom stereocenters. The van der Waals surface area contributed by atoms with E-state index in [2.05, 4.69) is 148 Å². The molecule has 0 radical (unpaired) electrons. The van der Waals surface area contributed by atoms with Crippen LogP contribution in [0.15, 0.2) is 140 Å². The average Bonchev–Trinajstić information content (AvgIpc) is 3.16. The van der Waals surface area contributed by atoms with Gasteiger partial charge >= 0.3 is 0 Å². The number of aliphatic hydroxyl groups excluding tert-OH is 2. The molecule has 2 heteroatoms. The molecular weight excluding hydrogens is 633 g/mol. The van der Waals surface area contributed by atoms with Gasteiger partial charge in [0, 0.05) is 0 Å². The molecule has 0 aliphatic rings. The summed E-state index contributed by atoms with van der Waals surface area (Å²) in [4.78, 5) is 0. The number of hydrogen-bond donors (Lipinski definition) is 2. The second-order valence-electron chi connectivity index (χ2n) is 15.6. The van der Waals surface area contributed by atoms with Gasteiger partial charge in [0.1, 0.15) is 0 Å². The summed E-state index contributed by atoms with van der Waals surface area (Å²) in [7, 11) is 0. The molecule has 0 unspecified atom stereocenters. The third-order valence-electron chi connectivity index (χ3n) is 11.3. The molecular formula is C50H38O2. The summed E-state index contributed by atoms with van der Waals surface area (Å²) >= 11 is 0. The molecule has 0 bridgehead atoms. The van der Waals surface area contributed by atoms with Crippen molar-refractivity contribution in [3.05, 3.63) is 156 Å². The van der Waals surface area contributed by atoms with Crippen molar-refractivity contribution in [2.45, 2.75) is 39.4 Å². The molecule has 250 valence electrons. The number of hydrogen-bond acceptors (Lipinski definition) is 2. The summed E-state index contributed by atoms with van der Waals surface area (Å²) in [5.74, 6) is 0. The van der Waals surface area contributed by atoms with Crippen LogP contribution in [-0.2, 0) is 18.6 Å². The van der Waals surface area contributed by atoms with E-state index in [1.54, 1.807) is 0 Å². The van der Waals surface area contributed by atoms with E-state index in [1.807, 2.05) is 12.1 Å². The Balaban J connectivity index is 1.25. The lowest BCUT2D eigenvalue weighted by molar-refractivity contribution is 0.282. The van der Waals surface area contributed by atoms with Gasteiger partial charge in [0.05, 0.1) is 13.2 Å². The molecule has 0 aliphatic carbocycles. The fraction of sp³-hybridized carbons (Fsp3) is 0.120. The molecule has 0 saturated carbocycles. The molecule has 10 aromatic rings.